The molecule has 3 aliphatic rings. The third kappa shape index (κ3) is 3.06. The number of hydrogen-bond donors (Lipinski definition) is 1. The van der Waals surface area contributed by atoms with E-state index in [1.54, 1.807) is 0 Å². The van der Waals surface area contributed by atoms with Gasteiger partial charge in [0.15, 0.2) is 0 Å². The molecule has 1 saturated heterocycles. The number of nitrogens with zero attached hydrogens (tertiary/aromatic N) is 1. The molecular formula is C18H34N2. The molecule has 3 fully saturated rings. The predicted molar refractivity (Wildman–Crippen MR) is 86.0 cm³/mol. The molecule has 3 rings (SSSR count). The number of rotatable bonds is 4. The summed E-state index contributed by atoms with van der Waals surface area (Å²) in [7, 11) is 0. The van der Waals surface area contributed by atoms with E-state index in [0.29, 0.717) is 5.54 Å². The second-order valence-corrected chi connectivity index (χ2v) is 7.80. The summed E-state index contributed by atoms with van der Waals surface area (Å²) in [5, 5.41) is 3.87. The summed E-state index contributed by atoms with van der Waals surface area (Å²) < 4.78 is 0. The van der Waals surface area contributed by atoms with Gasteiger partial charge in [0, 0.05) is 30.7 Å². The normalized spacial score (nSPS) is 37.8. The van der Waals surface area contributed by atoms with Crippen LogP contribution < -0.4 is 5.32 Å². The van der Waals surface area contributed by atoms with E-state index in [0.717, 1.165) is 18.0 Å². The highest BCUT2D eigenvalue weighted by molar-refractivity contribution is 5.06. The summed E-state index contributed by atoms with van der Waals surface area (Å²) in [5.74, 6) is 0.973. The predicted octanol–water partition coefficient (Wildman–Crippen LogP) is 3.95. The smallest absolute Gasteiger partial charge is 0.0337 e. The van der Waals surface area contributed by atoms with Crippen molar-refractivity contribution in [2.24, 2.45) is 5.92 Å². The van der Waals surface area contributed by atoms with Gasteiger partial charge in [-0.15, -0.1) is 0 Å². The summed E-state index contributed by atoms with van der Waals surface area (Å²) in [5.41, 5.74) is 0.458. The first-order chi connectivity index (χ1) is 9.74. The maximum absolute atomic E-state index is 3.87. The second kappa shape index (κ2) is 6.36. The molecule has 2 aliphatic carbocycles. The Kier molecular flexibility index (Phi) is 4.72. The van der Waals surface area contributed by atoms with Crippen molar-refractivity contribution < 1.29 is 0 Å². The van der Waals surface area contributed by atoms with Gasteiger partial charge in [-0.3, -0.25) is 4.90 Å². The molecular weight excluding hydrogens is 244 g/mol. The van der Waals surface area contributed by atoms with Crippen molar-refractivity contribution in [1.29, 1.82) is 0 Å². The third-order valence-corrected chi connectivity index (χ3v) is 6.18. The molecule has 2 atom stereocenters. The van der Waals surface area contributed by atoms with Crippen molar-refractivity contribution >= 4 is 0 Å². The molecule has 0 bridgehead atoms. The van der Waals surface area contributed by atoms with Gasteiger partial charge in [0.1, 0.15) is 0 Å². The second-order valence-electron chi connectivity index (χ2n) is 7.80. The van der Waals surface area contributed by atoms with Gasteiger partial charge in [-0.25, -0.2) is 0 Å². The van der Waals surface area contributed by atoms with Gasteiger partial charge in [-0.2, -0.15) is 0 Å². The summed E-state index contributed by atoms with van der Waals surface area (Å²) >= 11 is 0. The average Bonchev–Trinajstić information content (AvgIpc) is 3.28. The Morgan fingerprint density at radius 2 is 1.75 bits per heavy atom. The molecule has 0 amide bonds. The zero-order valence-electron chi connectivity index (χ0n) is 13.7. The van der Waals surface area contributed by atoms with Crippen LogP contribution in [-0.4, -0.2) is 35.6 Å². The van der Waals surface area contributed by atoms with E-state index in [4.69, 9.17) is 0 Å². The van der Waals surface area contributed by atoms with Crippen molar-refractivity contribution in [2.45, 2.75) is 95.7 Å². The highest BCUT2D eigenvalue weighted by atomic mass is 15.3. The minimum Gasteiger partial charge on any atom is -0.311 e. The molecule has 0 aromatic rings. The van der Waals surface area contributed by atoms with Gasteiger partial charge in [-0.1, -0.05) is 39.0 Å². The van der Waals surface area contributed by atoms with E-state index in [2.05, 4.69) is 24.1 Å². The lowest BCUT2D eigenvalue weighted by Crippen LogP contribution is -2.66. The summed E-state index contributed by atoms with van der Waals surface area (Å²) in [6, 6.07) is 1.62. The third-order valence-electron chi connectivity index (χ3n) is 6.18. The number of nitrogens with one attached hydrogen (secondary N) is 1. The molecule has 2 unspecified atom stereocenters. The van der Waals surface area contributed by atoms with Gasteiger partial charge >= 0.3 is 0 Å². The van der Waals surface area contributed by atoms with Gasteiger partial charge in [-0.05, 0) is 44.9 Å². The Morgan fingerprint density at radius 1 is 1.05 bits per heavy atom. The van der Waals surface area contributed by atoms with Crippen molar-refractivity contribution in [3.8, 4) is 0 Å². The molecule has 0 radical (unpaired) electrons. The van der Waals surface area contributed by atoms with Gasteiger partial charge < -0.3 is 5.32 Å². The van der Waals surface area contributed by atoms with Crippen LogP contribution >= 0.6 is 0 Å². The lowest BCUT2D eigenvalue weighted by atomic mass is 9.85. The SMILES string of the molecule is CCCC1CN(C2CCCCCC2)C(C)(C2CC2)CN1. The highest BCUT2D eigenvalue weighted by Gasteiger charge is 2.49. The molecule has 116 valence electrons. The topological polar surface area (TPSA) is 15.3 Å². The first-order valence-corrected chi connectivity index (χ1v) is 9.24. The summed E-state index contributed by atoms with van der Waals surface area (Å²) in [4.78, 5) is 2.98. The highest BCUT2D eigenvalue weighted by Crippen LogP contribution is 2.46. The lowest BCUT2D eigenvalue weighted by molar-refractivity contribution is -0.00852. The molecule has 0 spiro atoms. The fraction of sp³-hybridized carbons (Fsp3) is 1.00. The van der Waals surface area contributed by atoms with Crippen LogP contribution in [0.1, 0.15) is 78.1 Å². The van der Waals surface area contributed by atoms with Gasteiger partial charge in [0.25, 0.3) is 0 Å². The number of hydrogen-bond acceptors (Lipinski definition) is 2. The first kappa shape index (κ1) is 14.8. The van der Waals surface area contributed by atoms with Gasteiger partial charge in [0.2, 0.25) is 0 Å². The Bertz CT molecular complexity index is 305. The van der Waals surface area contributed by atoms with Crippen molar-refractivity contribution in [3.63, 3.8) is 0 Å². The fourth-order valence-corrected chi connectivity index (χ4v) is 4.72. The maximum atomic E-state index is 3.87. The first-order valence-electron chi connectivity index (χ1n) is 9.24. The van der Waals surface area contributed by atoms with Crippen LogP contribution in [0.15, 0.2) is 0 Å². The van der Waals surface area contributed by atoms with Gasteiger partial charge in [0.05, 0.1) is 0 Å². The molecule has 1 aliphatic heterocycles. The molecule has 2 saturated carbocycles. The minimum absolute atomic E-state index is 0.458. The van der Waals surface area contributed by atoms with Crippen molar-refractivity contribution in [1.82, 2.24) is 10.2 Å². The Morgan fingerprint density at radius 3 is 2.35 bits per heavy atom. The molecule has 2 nitrogen and oxygen atoms in total. The zero-order chi connectivity index (χ0) is 14.0. The summed E-state index contributed by atoms with van der Waals surface area (Å²) in [6.45, 7) is 7.43. The average molecular weight is 278 g/mol. The quantitative estimate of drug-likeness (QED) is 0.783. The van der Waals surface area contributed by atoms with Crippen LogP contribution in [0.4, 0.5) is 0 Å². The van der Waals surface area contributed by atoms with Crippen LogP contribution in [0, 0.1) is 5.92 Å². The fourth-order valence-electron chi connectivity index (χ4n) is 4.72. The number of piperazine rings is 1. The molecule has 1 heterocycles. The van der Waals surface area contributed by atoms with Crippen molar-refractivity contribution in [2.75, 3.05) is 13.1 Å². The molecule has 0 aromatic heterocycles. The van der Waals surface area contributed by atoms with E-state index in [1.807, 2.05) is 0 Å². The molecule has 0 aromatic carbocycles. The Hall–Kier alpha value is -0.0800. The Balaban J connectivity index is 1.73. The molecule has 20 heavy (non-hydrogen) atoms. The molecule has 1 N–H and O–H groups in total. The van der Waals surface area contributed by atoms with E-state index in [1.165, 1.54) is 77.3 Å². The minimum atomic E-state index is 0.458. The van der Waals surface area contributed by atoms with E-state index < -0.39 is 0 Å². The standard InChI is InChI=1S/C18H34N2/c1-3-8-16-13-20(17-9-6-4-5-7-10-17)18(2,14-19-16)15-11-12-15/h15-17,19H,3-14H2,1-2H3. The largest absolute Gasteiger partial charge is 0.311 e. The van der Waals surface area contributed by atoms with Crippen LogP contribution in [0.5, 0.6) is 0 Å². The van der Waals surface area contributed by atoms with Crippen LogP contribution in [0.2, 0.25) is 0 Å². The monoisotopic (exact) mass is 278 g/mol. The lowest BCUT2D eigenvalue weighted by Gasteiger charge is -2.52. The molecule has 2 heteroatoms. The van der Waals surface area contributed by atoms with Crippen LogP contribution in [-0.2, 0) is 0 Å². The van der Waals surface area contributed by atoms with Crippen molar-refractivity contribution in [3.05, 3.63) is 0 Å². The maximum Gasteiger partial charge on any atom is 0.0337 e. The van der Waals surface area contributed by atoms with E-state index >= 15 is 0 Å². The van der Waals surface area contributed by atoms with E-state index in [9.17, 15) is 0 Å². The van der Waals surface area contributed by atoms with Crippen LogP contribution in [0.25, 0.3) is 0 Å². The Labute approximate surface area is 125 Å². The zero-order valence-corrected chi connectivity index (χ0v) is 13.7. The summed E-state index contributed by atoms with van der Waals surface area (Å²) in [6.07, 6.45) is 14.4. The van der Waals surface area contributed by atoms with Crippen LogP contribution in [0.3, 0.4) is 0 Å². The van der Waals surface area contributed by atoms with E-state index in [-0.39, 0.29) is 0 Å².